The molecule has 0 spiro atoms. The van der Waals surface area contributed by atoms with Crippen molar-refractivity contribution in [1.82, 2.24) is 15.0 Å². The molecule has 0 radical (unpaired) electrons. The van der Waals surface area contributed by atoms with Gasteiger partial charge < -0.3 is 14.8 Å². The van der Waals surface area contributed by atoms with Gasteiger partial charge in [0.2, 0.25) is 11.8 Å². The van der Waals surface area contributed by atoms with Crippen molar-refractivity contribution in [2.24, 2.45) is 5.92 Å². The fourth-order valence-electron chi connectivity index (χ4n) is 2.63. The molecule has 2 rings (SSSR count). The Bertz CT molecular complexity index is 1070. The number of amides is 2. The summed E-state index contributed by atoms with van der Waals surface area (Å²) in [5, 5.41) is 2.84. The number of carbonyl (C=O) groups excluding carboxylic acids is 3. The molecular formula is C22H27N3O7S. The topological polar surface area (TPSA) is 141 Å². The second-order valence-corrected chi connectivity index (χ2v) is 9.23. The Morgan fingerprint density at radius 1 is 1.06 bits per heavy atom. The monoisotopic (exact) mass is 477 g/mol. The lowest BCUT2D eigenvalue weighted by Gasteiger charge is -2.09. The van der Waals surface area contributed by atoms with E-state index >= 15 is 0 Å². The summed E-state index contributed by atoms with van der Waals surface area (Å²) >= 11 is 0. The number of methoxy groups -OCH3 is 1. The lowest BCUT2D eigenvalue weighted by molar-refractivity contribution is -0.121. The summed E-state index contributed by atoms with van der Waals surface area (Å²) in [4.78, 5) is 38.8. The van der Waals surface area contributed by atoms with Gasteiger partial charge in [-0.15, -0.1) is 0 Å². The smallest absolute Gasteiger partial charge is 0.437 e. The number of aromatic nitrogens is 1. The highest BCUT2D eigenvalue weighted by molar-refractivity contribution is 7.90. The fourth-order valence-corrected chi connectivity index (χ4v) is 3.61. The van der Waals surface area contributed by atoms with Crippen LogP contribution >= 0.6 is 0 Å². The Labute approximate surface area is 192 Å². The third kappa shape index (κ3) is 8.53. The zero-order valence-electron chi connectivity index (χ0n) is 18.7. The SMILES string of the molecule is COC(=O)Oc1ccc(C(=O)NS(=O)(=O)c2ccc(CCNC(=O)CCC(C)C)cc2)cn1. The predicted octanol–water partition coefficient (Wildman–Crippen LogP) is 2.44. The van der Waals surface area contributed by atoms with Crippen LogP contribution in [0.4, 0.5) is 4.79 Å². The maximum absolute atomic E-state index is 12.5. The Hall–Kier alpha value is -3.47. The average molecular weight is 478 g/mol. The van der Waals surface area contributed by atoms with E-state index in [1.54, 1.807) is 12.1 Å². The van der Waals surface area contributed by atoms with E-state index in [0.29, 0.717) is 25.3 Å². The highest BCUT2D eigenvalue weighted by atomic mass is 32.2. The number of pyridine rings is 1. The molecule has 2 N–H and O–H groups in total. The van der Waals surface area contributed by atoms with Crippen molar-refractivity contribution in [3.05, 3.63) is 53.7 Å². The molecule has 0 saturated heterocycles. The second kappa shape index (κ2) is 12.0. The molecule has 1 heterocycles. The van der Waals surface area contributed by atoms with Crippen LogP contribution in [0.25, 0.3) is 0 Å². The van der Waals surface area contributed by atoms with Crippen LogP contribution in [-0.4, -0.2) is 45.0 Å². The van der Waals surface area contributed by atoms with Gasteiger partial charge in [0.25, 0.3) is 15.9 Å². The van der Waals surface area contributed by atoms with Gasteiger partial charge >= 0.3 is 6.16 Å². The van der Waals surface area contributed by atoms with Gasteiger partial charge in [0, 0.05) is 25.2 Å². The van der Waals surface area contributed by atoms with Gasteiger partial charge in [-0.25, -0.2) is 22.9 Å². The molecule has 11 heteroatoms. The highest BCUT2D eigenvalue weighted by Gasteiger charge is 2.19. The Morgan fingerprint density at radius 3 is 2.33 bits per heavy atom. The molecule has 0 saturated carbocycles. The number of benzene rings is 1. The first-order valence-corrected chi connectivity index (χ1v) is 11.7. The lowest BCUT2D eigenvalue weighted by Crippen LogP contribution is -2.30. The lowest BCUT2D eigenvalue weighted by atomic mass is 10.1. The Kier molecular flexibility index (Phi) is 9.34. The molecule has 0 aliphatic heterocycles. The van der Waals surface area contributed by atoms with Crippen LogP contribution in [0.1, 0.15) is 42.6 Å². The molecule has 0 atom stereocenters. The van der Waals surface area contributed by atoms with E-state index in [9.17, 15) is 22.8 Å². The van der Waals surface area contributed by atoms with E-state index in [4.69, 9.17) is 4.74 Å². The molecule has 10 nitrogen and oxygen atoms in total. The second-order valence-electron chi connectivity index (χ2n) is 7.55. The minimum atomic E-state index is -4.11. The largest absolute Gasteiger partial charge is 0.514 e. The molecule has 33 heavy (non-hydrogen) atoms. The summed E-state index contributed by atoms with van der Waals surface area (Å²) in [6.07, 6.45) is 1.95. The van der Waals surface area contributed by atoms with Gasteiger partial charge in [-0.05, 0) is 42.5 Å². The summed E-state index contributed by atoms with van der Waals surface area (Å²) in [7, 11) is -2.98. The molecule has 178 valence electrons. The van der Waals surface area contributed by atoms with Crippen LogP contribution < -0.4 is 14.8 Å². The fraction of sp³-hybridized carbons (Fsp3) is 0.364. The number of nitrogens with zero attached hydrogens (tertiary/aromatic N) is 1. The van der Waals surface area contributed by atoms with Crippen molar-refractivity contribution in [3.8, 4) is 5.88 Å². The minimum Gasteiger partial charge on any atom is -0.437 e. The maximum Gasteiger partial charge on any atom is 0.514 e. The van der Waals surface area contributed by atoms with Crippen LogP contribution in [0, 0.1) is 5.92 Å². The Balaban J connectivity index is 1.91. The highest BCUT2D eigenvalue weighted by Crippen LogP contribution is 2.13. The molecular weight excluding hydrogens is 450 g/mol. The summed E-state index contributed by atoms with van der Waals surface area (Å²) in [5.74, 6) is -0.541. The van der Waals surface area contributed by atoms with Gasteiger partial charge in [0.05, 0.1) is 17.6 Å². The quantitative estimate of drug-likeness (QED) is 0.497. The van der Waals surface area contributed by atoms with E-state index in [-0.39, 0.29) is 22.2 Å². The van der Waals surface area contributed by atoms with E-state index in [2.05, 4.69) is 28.9 Å². The van der Waals surface area contributed by atoms with E-state index in [1.165, 1.54) is 24.3 Å². The van der Waals surface area contributed by atoms with Crippen LogP contribution in [0.15, 0.2) is 47.5 Å². The van der Waals surface area contributed by atoms with Crippen LogP contribution in [0.5, 0.6) is 5.88 Å². The number of nitrogens with one attached hydrogen (secondary N) is 2. The Morgan fingerprint density at radius 2 is 1.76 bits per heavy atom. The first kappa shape index (κ1) is 25.8. The number of ether oxygens (including phenoxy) is 2. The van der Waals surface area contributed by atoms with Crippen molar-refractivity contribution in [2.75, 3.05) is 13.7 Å². The third-order valence-corrected chi connectivity index (χ3v) is 5.85. The van der Waals surface area contributed by atoms with Gasteiger partial charge in [-0.1, -0.05) is 26.0 Å². The summed E-state index contributed by atoms with van der Waals surface area (Å²) in [5.41, 5.74) is 0.801. The van der Waals surface area contributed by atoms with Crippen LogP contribution in [0.3, 0.4) is 0 Å². The van der Waals surface area contributed by atoms with E-state index in [0.717, 1.165) is 25.3 Å². The summed E-state index contributed by atoms with van der Waals surface area (Å²) < 4.78 is 36.0. The zero-order chi connectivity index (χ0) is 24.4. The minimum absolute atomic E-state index is 0.00927. The van der Waals surface area contributed by atoms with E-state index < -0.39 is 22.1 Å². The first-order valence-electron chi connectivity index (χ1n) is 10.3. The summed E-state index contributed by atoms with van der Waals surface area (Å²) in [6, 6.07) is 8.51. The first-order chi connectivity index (χ1) is 15.6. The molecule has 1 aromatic carbocycles. The molecule has 2 amide bonds. The predicted molar refractivity (Wildman–Crippen MR) is 119 cm³/mol. The number of sulfonamides is 1. The van der Waals surface area contributed by atoms with Crippen molar-refractivity contribution in [2.45, 2.75) is 38.0 Å². The maximum atomic E-state index is 12.5. The molecule has 0 bridgehead atoms. The molecule has 0 unspecified atom stereocenters. The summed E-state index contributed by atoms with van der Waals surface area (Å²) in [6.45, 7) is 4.56. The molecule has 0 aliphatic rings. The van der Waals surface area contributed by atoms with Crippen LogP contribution in [0.2, 0.25) is 0 Å². The molecule has 2 aromatic rings. The average Bonchev–Trinajstić information content (AvgIpc) is 2.78. The van der Waals surface area contributed by atoms with Gasteiger partial charge in [-0.2, -0.15) is 0 Å². The molecule has 0 aliphatic carbocycles. The van der Waals surface area contributed by atoms with E-state index in [1.807, 2.05) is 4.72 Å². The standard InChI is InChI=1S/C22H27N3O7S/c1-15(2)4-10-19(26)23-13-12-16-5-8-18(9-6-16)33(29,30)25-21(27)17-7-11-20(24-14-17)32-22(28)31-3/h5-9,11,14-15H,4,10,12-13H2,1-3H3,(H,23,26)(H,25,27). The molecule has 0 fully saturated rings. The zero-order valence-corrected chi connectivity index (χ0v) is 19.5. The van der Waals surface area contributed by atoms with Crippen molar-refractivity contribution >= 4 is 28.0 Å². The number of carbonyl (C=O) groups is 3. The van der Waals surface area contributed by atoms with Gasteiger partial charge in [-0.3, -0.25) is 9.59 Å². The van der Waals surface area contributed by atoms with Gasteiger partial charge in [0.1, 0.15) is 0 Å². The van der Waals surface area contributed by atoms with Crippen molar-refractivity contribution in [1.29, 1.82) is 0 Å². The third-order valence-electron chi connectivity index (χ3n) is 4.50. The number of rotatable bonds is 10. The van der Waals surface area contributed by atoms with Crippen molar-refractivity contribution in [3.63, 3.8) is 0 Å². The van der Waals surface area contributed by atoms with Crippen molar-refractivity contribution < 1.29 is 32.3 Å². The van der Waals surface area contributed by atoms with Crippen LogP contribution in [-0.2, 0) is 26.0 Å². The molecule has 1 aromatic heterocycles. The van der Waals surface area contributed by atoms with Gasteiger partial charge in [0.15, 0.2) is 0 Å². The number of hydrogen-bond donors (Lipinski definition) is 2. The normalized spacial score (nSPS) is 11.0. The number of hydrogen-bond acceptors (Lipinski definition) is 8.